The Bertz CT molecular complexity index is 447. The maximum Gasteiger partial charge on any atom is 0.325 e. The number of carboxylic acid groups (broad SMARTS) is 1. The predicted molar refractivity (Wildman–Crippen MR) is 71.8 cm³/mol. The molecule has 1 aliphatic heterocycles. The number of carbonyl (C=O) groups is 1. The largest absolute Gasteiger partial charge is 0.480 e. The standard InChI is InChI=1S/C14H20N2O2/c1-2-11-6-3-4-7-12(11)16-9-5-8-14(15,10-16)13(17)18/h3-4,6-7H,2,5,8-10,15H2,1H3,(H,17,18). The quantitative estimate of drug-likeness (QED) is 0.853. The van der Waals surface area contributed by atoms with Crippen LogP contribution in [0.5, 0.6) is 0 Å². The van der Waals surface area contributed by atoms with Crippen LogP contribution >= 0.6 is 0 Å². The topological polar surface area (TPSA) is 66.6 Å². The summed E-state index contributed by atoms with van der Waals surface area (Å²) in [6.45, 7) is 3.37. The van der Waals surface area contributed by atoms with Crippen LogP contribution in [0.1, 0.15) is 25.3 Å². The molecule has 1 aromatic rings. The summed E-state index contributed by atoms with van der Waals surface area (Å²) in [5, 5.41) is 9.24. The third kappa shape index (κ3) is 2.34. The van der Waals surface area contributed by atoms with Gasteiger partial charge in [-0.3, -0.25) is 4.79 Å². The van der Waals surface area contributed by atoms with E-state index in [1.165, 1.54) is 5.56 Å². The van der Waals surface area contributed by atoms with E-state index in [1.807, 2.05) is 18.2 Å². The Labute approximate surface area is 107 Å². The highest BCUT2D eigenvalue weighted by atomic mass is 16.4. The van der Waals surface area contributed by atoms with Crippen LogP contribution in [0.15, 0.2) is 24.3 Å². The van der Waals surface area contributed by atoms with E-state index in [1.54, 1.807) is 0 Å². The van der Waals surface area contributed by atoms with Crippen molar-refractivity contribution < 1.29 is 9.90 Å². The van der Waals surface area contributed by atoms with Crippen LogP contribution < -0.4 is 10.6 Å². The number of hydrogen-bond donors (Lipinski definition) is 2. The summed E-state index contributed by atoms with van der Waals surface area (Å²) in [7, 11) is 0. The van der Waals surface area contributed by atoms with Crippen molar-refractivity contribution in [1.82, 2.24) is 0 Å². The number of rotatable bonds is 3. The van der Waals surface area contributed by atoms with Crippen molar-refractivity contribution in [2.45, 2.75) is 31.7 Å². The van der Waals surface area contributed by atoms with Crippen LogP contribution in [0.4, 0.5) is 5.69 Å². The molecule has 1 saturated heterocycles. The van der Waals surface area contributed by atoms with E-state index in [0.29, 0.717) is 13.0 Å². The van der Waals surface area contributed by atoms with Crippen molar-refractivity contribution in [3.05, 3.63) is 29.8 Å². The molecule has 4 heteroatoms. The van der Waals surface area contributed by atoms with E-state index >= 15 is 0 Å². The number of carboxylic acids is 1. The number of aryl methyl sites for hydroxylation is 1. The van der Waals surface area contributed by atoms with Gasteiger partial charge in [0, 0.05) is 18.8 Å². The van der Waals surface area contributed by atoms with E-state index in [-0.39, 0.29) is 0 Å². The monoisotopic (exact) mass is 248 g/mol. The number of nitrogens with zero attached hydrogens (tertiary/aromatic N) is 1. The minimum Gasteiger partial charge on any atom is -0.480 e. The van der Waals surface area contributed by atoms with Gasteiger partial charge in [0.25, 0.3) is 0 Å². The lowest BCUT2D eigenvalue weighted by molar-refractivity contribution is -0.143. The summed E-state index contributed by atoms with van der Waals surface area (Å²) in [6.07, 6.45) is 2.31. The second-order valence-corrected chi connectivity index (χ2v) is 4.97. The SMILES string of the molecule is CCc1ccccc1N1CCCC(N)(C(=O)O)C1. The van der Waals surface area contributed by atoms with Crippen LogP contribution in [0.3, 0.4) is 0 Å². The van der Waals surface area contributed by atoms with Gasteiger partial charge in [-0.05, 0) is 30.9 Å². The lowest BCUT2D eigenvalue weighted by atomic mass is 9.89. The van der Waals surface area contributed by atoms with E-state index in [2.05, 4.69) is 17.9 Å². The lowest BCUT2D eigenvalue weighted by Gasteiger charge is -2.39. The van der Waals surface area contributed by atoms with Gasteiger partial charge < -0.3 is 15.7 Å². The molecular weight excluding hydrogens is 228 g/mol. The van der Waals surface area contributed by atoms with Crippen molar-refractivity contribution in [2.24, 2.45) is 5.73 Å². The first-order chi connectivity index (χ1) is 8.57. The molecule has 1 aromatic carbocycles. The van der Waals surface area contributed by atoms with E-state index in [0.717, 1.165) is 25.1 Å². The molecule has 18 heavy (non-hydrogen) atoms. The number of hydrogen-bond acceptors (Lipinski definition) is 3. The molecular formula is C14H20N2O2. The zero-order chi connectivity index (χ0) is 13.2. The van der Waals surface area contributed by atoms with Gasteiger partial charge in [0.15, 0.2) is 0 Å². The third-order valence-electron chi connectivity index (χ3n) is 3.66. The fourth-order valence-corrected chi connectivity index (χ4v) is 2.58. The third-order valence-corrected chi connectivity index (χ3v) is 3.66. The highest BCUT2D eigenvalue weighted by molar-refractivity contribution is 5.80. The molecule has 1 aliphatic rings. The highest BCUT2D eigenvalue weighted by Crippen LogP contribution is 2.27. The number of piperidine rings is 1. The van der Waals surface area contributed by atoms with E-state index in [4.69, 9.17) is 5.73 Å². The molecule has 0 spiro atoms. The van der Waals surface area contributed by atoms with Gasteiger partial charge in [-0.2, -0.15) is 0 Å². The van der Waals surface area contributed by atoms with Gasteiger partial charge in [-0.1, -0.05) is 25.1 Å². The number of aliphatic carboxylic acids is 1. The van der Waals surface area contributed by atoms with Gasteiger partial charge in [0.1, 0.15) is 5.54 Å². The number of benzene rings is 1. The molecule has 0 radical (unpaired) electrons. The second-order valence-electron chi connectivity index (χ2n) is 4.97. The molecule has 0 aliphatic carbocycles. The first-order valence-corrected chi connectivity index (χ1v) is 6.42. The first-order valence-electron chi connectivity index (χ1n) is 6.42. The number of anilines is 1. The van der Waals surface area contributed by atoms with Crippen molar-refractivity contribution in [3.63, 3.8) is 0 Å². The Kier molecular flexibility index (Phi) is 3.57. The molecule has 1 heterocycles. The Hall–Kier alpha value is -1.55. The smallest absolute Gasteiger partial charge is 0.325 e. The zero-order valence-corrected chi connectivity index (χ0v) is 10.7. The van der Waals surface area contributed by atoms with Crippen LogP contribution in [-0.4, -0.2) is 29.7 Å². The van der Waals surface area contributed by atoms with E-state index in [9.17, 15) is 9.90 Å². The van der Waals surface area contributed by atoms with Gasteiger partial charge in [-0.15, -0.1) is 0 Å². The van der Waals surface area contributed by atoms with Gasteiger partial charge in [0.05, 0.1) is 0 Å². The molecule has 98 valence electrons. The number of nitrogens with two attached hydrogens (primary N) is 1. The van der Waals surface area contributed by atoms with Gasteiger partial charge >= 0.3 is 5.97 Å². The summed E-state index contributed by atoms with van der Waals surface area (Å²) in [5.74, 6) is -0.902. The molecule has 1 fully saturated rings. The average Bonchev–Trinajstić information content (AvgIpc) is 2.38. The summed E-state index contributed by atoms with van der Waals surface area (Å²) >= 11 is 0. The maximum atomic E-state index is 11.3. The van der Waals surface area contributed by atoms with Gasteiger partial charge in [-0.25, -0.2) is 0 Å². The van der Waals surface area contributed by atoms with Crippen LogP contribution in [0.2, 0.25) is 0 Å². The molecule has 0 aromatic heterocycles. The fraction of sp³-hybridized carbons (Fsp3) is 0.500. The molecule has 1 atom stereocenters. The normalized spacial score (nSPS) is 24.0. The van der Waals surface area contributed by atoms with Gasteiger partial charge in [0.2, 0.25) is 0 Å². The molecule has 3 N–H and O–H groups in total. The Balaban J connectivity index is 2.26. The second kappa shape index (κ2) is 4.98. The van der Waals surface area contributed by atoms with Crippen molar-refractivity contribution in [2.75, 3.05) is 18.0 Å². The molecule has 0 saturated carbocycles. The molecule has 4 nitrogen and oxygen atoms in total. The van der Waals surface area contributed by atoms with Crippen LogP contribution in [0.25, 0.3) is 0 Å². The molecule has 0 amide bonds. The first kappa shape index (κ1) is 12.9. The summed E-state index contributed by atoms with van der Waals surface area (Å²) in [5.41, 5.74) is 7.23. The fourth-order valence-electron chi connectivity index (χ4n) is 2.58. The summed E-state index contributed by atoms with van der Waals surface area (Å²) < 4.78 is 0. The number of para-hydroxylation sites is 1. The highest BCUT2D eigenvalue weighted by Gasteiger charge is 2.38. The van der Waals surface area contributed by atoms with Crippen molar-refractivity contribution >= 4 is 11.7 Å². The minimum atomic E-state index is -1.11. The lowest BCUT2D eigenvalue weighted by Crippen LogP contribution is -2.59. The van der Waals surface area contributed by atoms with Crippen molar-refractivity contribution in [3.8, 4) is 0 Å². The Morgan fingerprint density at radius 2 is 2.22 bits per heavy atom. The predicted octanol–water partition coefficient (Wildman–Crippen LogP) is 1.63. The van der Waals surface area contributed by atoms with Crippen LogP contribution in [0, 0.1) is 0 Å². The molecule has 0 bridgehead atoms. The maximum absolute atomic E-state index is 11.3. The van der Waals surface area contributed by atoms with Crippen LogP contribution in [-0.2, 0) is 11.2 Å². The van der Waals surface area contributed by atoms with E-state index < -0.39 is 11.5 Å². The zero-order valence-electron chi connectivity index (χ0n) is 10.7. The summed E-state index contributed by atoms with van der Waals surface area (Å²) in [6, 6.07) is 8.14. The summed E-state index contributed by atoms with van der Waals surface area (Å²) in [4.78, 5) is 13.4. The molecule has 2 rings (SSSR count). The minimum absolute atomic E-state index is 0.388. The molecule has 1 unspecified atom stereocenters. The van der Waals surface area contributed by atoms with Crippen molar-refractivity contribution in [1.29, 1.82) is 0 Å². The Morgan fingerprint density at radius 1 is 1.50 bits per heavy atom. The Morgan fingerprint density at radius 3 is 2.89 bits per heavy atom. The average molecular weight is 248 g/mol.